The molecule has 1 aliphatic rings. The topological polar surface area (TPSA) is 62.7 Å². The van der Waals surface area contributed by atoms with Crippen molar-refractivity contribution >= 4 is 5.91 Å². The summed E-state index contributed by atoms with van der Waals surface area (Å²) >= 11 is 0. The van der Waals surface area contributed by atoms with E-state index >= 15 is 0 Å². The molecule has 0 saturated heterocycles. The van der Waals surface area contributed by atoms with Crippen LogP contribution in [0.2, 0.25) is 0 Å². The summed E-state index contributed by atoms with van der Waals surface area (Å²) in [6.07, 6.45) is 2.70. The third-order valence-electron chi connectivity index (χ3n) is 5.49. The summed E-state index contributed by atoms with van der Waals surface area (Å²) in [6.45, 7) is 2.36. The van der Waals surface area contributed by atoms with E-state index in [0.29, 0.717) is 36.3 Å². The maximum absolute atomic E-state index is 14.1. The SMILES string of the molecule is CC1(Cc2ccccc2F)Cc2cc(C(=O)N(CCO)Cc3ccccn3)ccc2O1. The van der Waals surface area contributed by atoms with Gasteiger partial charge in [0.2, 0.25) is 0 Å². The molecule has 1 unspecified atom stereocenters. The Labute approximate surface area is 181 Å². The van der Waals surface area contributed by atoms with Crippen molar-refractivity contribution in [1.82, 2.24) is 9.88 Å². The minimum absolute atomic E-state index is 0.132. The molecular weight excluding hydrogens is 395 g/mol. The van der Waals surface area contributed by atoms with Crippen LogP contribution in [0.1, 0.15) is 34.1 Å². The van der Waals surface area contributed by atoms with Gasteiger partial charge in [-0.15, -0.1) is 0 Å². The molecule has 4 rings (SSSR count). The molecule has 0 saturated carbocycles. The van der Waals surface area contributed by atoms with E-state index in [2.05, 4.69) is 4.98 Å². The van der Waals surface area contributed by atoms with Crippen molar-refractivity contribution in [1.29, 1.82) is 0 Å². The van der Waals surface area contributed by atoms with Crippen LogP contribution in [0.15, 0.2) is 66.9 Å². The molecule has 0 radical (unpaired) electrons. The van der Waals surface area contributed by atoms with Crippen LogP contribution in [0, 0.1) is 5.82 Å². The average Bonchev–Trinajstić information content (AvgIpc) is 3.10. The van der Waals surface area contributed by atoms with E-state index in [1.165, 1.54) is 6.07 Å². The molecule has 1 aliphatic heterocycles. The minimum Gasteiger partial charge on any atom is -0.487 e. The van der Waals surface area contributed by atoms with Crippen molar-refractivity contribution in [2.45, 2.75) is 31.9 Å². The normalized spacial score (nSPS) is 17.1. The molecule has 31 heavy (non-hydrogen) atoms. The highest BCUT2D eigenvalue weighted by Crippen LogP contribution is 2.38. The molecule has 160 valence electrons. The van der Waals surface area contributed by atoms with Gasteiger partial charge >= 0.3 is 0 Å². The summed E-state index contributed by atoms with van der Waals surface area (Å²) in [4.78, 5) is 19.0. The Morgan fingerprint density at radius 3 is 2.74 bits per heavy atom. The predicted octanol–water partition coefficient (Wildman–Crippen LogP) is 3.79. The third kappa shape index (κ3) is 4.75. The van der Waals surface area contributed by atoms with Crippen molar-refractivity contribution in [3.63, 3.8) is 0 Å². The number of ether oxygens (including phenoxy) is 1. The van der Waals surface area contributed by atoms with Gasteiger partial charge in [-0.05, 0) is 54.4 Å². The quantitative estimate of drug-likeness (QED) is 0.632. The maximum Gasteiger partial charge on any atom is 0.254 e. The number of amides is 1. The summed E-state index contributed by atoms with van der Waals surface area (Å²) in [5.41, 5.74) is 2.24. The van der Waals surface area contributed by atoms with Crippen LogP contribution >= 0.6 is 0 Å². The standard InChI is InChI=1S/C25H25FN2O3/c1-25(15-19-6-2-3-8-22(19)26)16-20-14-18(9-10-23(20)31-25)24(30)28(12-13-29)17-21-7-4-5-11-27-21/h2-11,14,29H,12-13,15-17H2,1H3. The second-order valence-corrected chi connectivity index (χ2v) is 8.09. The summed E-state index contributed by atoms with van der Waals surface area (Å²) in [5, 5.41) is 9.43. The molecule has 0 fully saturated rings. The van der Waals surface area contributed by atoms with Gasteiger partial charge in [-0.3, -0.25) is 9.78 Å². The zero-order valence-corrected chi connectivity index (χ0v) is 17.4. The van der Waals surface area contributed by atoms with Crippen molar-refractivity contribution in [2.24, 2.45) is 0 Å². The second kappa shape index (κ2) is 8.86. The fourth-order valence-electron chi connectivity index (χ4n) is 4.04. The summed E-state index contributed by atoms with van der Waals surface area (Å²) < 4.78 is 20.3. The van der Waals surface area contributed by atoms with Gasteiger partial charge in [0, 0.05) is 31.1 Å². The van der Waals surface area contributed by atoms with Crippen molar-refractivity contribution in [3.8, 4) is 5.75 Å². The van der Waals surface area contributed by atoms with Gasteiger partial charge in [0.15, 0.2) is 0 Å². The Bertz CT molecular complexity index is 1070. The lowest BCUT2D eigenvalue weighted by Gasteiger charge is -2.24. The Kier molecular flexibility index (Phi) is 6.00. The Morgan fingerprint density at radius 1 is 1.19 bits per heavy atom. The fourth-order valence-corrected chi connectivity index (χ4v) is 4.04. The fraction of sp³-hybridized carbons (Fsp3) is 0.280. The number of hydrogen-bond acceptors (Lipinski definition) is 4. The molecule has 1 atom stereocenters. The van der Waals surface area contributed by atoms with Gasteiger partial charge in [-0.25, -0.2) is 4.39 Å². The van der Waals surface area contributed by atoms with E-state index in [9.17, 15) is 14.3 Å². The van der Waals surface area contributed by atoms with E-state index in [-0.39, 0.29) is 24.9 Å². The van der Waals surface area contributed by atoms with E-state index in [4.69, 9.17) is 4.74 Å². The van der Waals surface area contributed by atoms with Crippen LogP contribution in [0.3, 0.4) is 0 Å². The molecule has 1 N–H and O–H groups in total. The van der Waals surface area contributed by atoms with E-state index in [1.807, 2.05) is 37.3 Å². The van der Waals surface area contributed by atoms with Gasteiger partial charge in [0.25, 0.3) is 5.91 Å². The van der Waals surface area contributed by atoms with Crippen molar-refractivity contribution in [3.05, 3.63) is 95.1 Å². The molecule has 3 aromatic rings. The second-order valence-electron chi connectivity index (χ2n) is 8.09. The van der Waals surface area contributed by atoms with Gasteiger partial charge in [-0.1, -0.05) is 24.3 Å². The predicted molar refractivity (Wildman–Crippen MR) is 115 cm³/mol. The number of nitrogens with zero attached hydrogens (tertiary/aromatic N) is 2. The molecule has 1 aromatic heterocycles. The number of carbonyl (C=O) groups excluding carboxylic acids is 1. The zero-order valence-electron chi connectivity index (χ0n) is 17.4. The number of benzene rings is 2. The molecular formula is C25H25FN2O3. The lowest BCUT2D eigenvalue weighted by molar-refractivity contribution is 0.0705. The van der Waals surface area contributed by atoms with Gasteiger partial charge in [0.1, 0.15) is 17.2 Å². The highest BCUT2D eigenvalue weighted by atomic mass is 19.1. The number of aromatic nitrogens is 1. The highest BCUT2D eigenvalue weighted by molar-refractivity contribution is 5.94. The number of hydrogen-bond donors (Lipinski definition) is 1. The first-order valence-electron chi connectivity index (χ1n) is 10.3. The first-order chi connectivity index (χ1) is 15.0. The van der Waals surface area contributed by atoms with Crippen molar-refractivity contribution in [2.75, 3.05) is 13.2 Å². The number of fused-ring (bicyclic) bond motifs is 1. The molecule has 0 bridgehead atoms. The summed E-state index contributed by atoms with van der Waals surface area (Å²) in [6, 6.07) is 17.6. The van der Waals surface area contributed by atoms with E-state index < -0.39 is 5.60 Å². The van der Waals surface area contributed by atoms with Crippen LogP contribution in [0.5, 0.6) is 5.75 Å². The smallest absolute Gasteiger partial charge is 0.254 e. The maximum atomic E-state index is 14.1. The number of aliphatic hydroxyl groups excluding tert-OH is 1. The number of pyridine rings is 1. The molecule has 2 aromatic carbocycles. The number of rotatable bonds is 7. The highest BCUT2D eigenvalue weighted by Gasteiger charge is 2.36. The number of aliphatic hydroxyl groups is 1. The van der Waals surface area contributed by atoms with Crippen LogP contribution in [-0.2, 0) is 19.4 Å². The Morgan fingerprint density at radius 2 is 2.00 bits per heavy atom. The first-order valence-corrected chi connectivity index (χ1v) is 10.3. The molecule has 6 heteroatoms. The lowest BCUT2D eigenvalue weighted by Crippen LogP contribution is -2.33. The molecule has 5 nitrogen and oxygen atoms in total. The monoisotopic (exact) mass is 420 g/mol. The van der Waals surface area contributed by atoms with Crippen LogP contribution < -0.4 is 4.74 Å². The number of halogens is 1. The third-order valence-corrected chi connectivity index (χ3v) is 5.49. The minimum atomic E-state index is -0.578. The summed E-state index contributed by atoms with van der Waals surface area (Å²) in [7, 11) is 0. The van der Waals surface area contributed by atoms with E-state index in [1.54, 1.807) is 35.4 Å². The molecule has 0 aliphatic carbocycles. The molecule has 2 heterocycles. The molecule has 1 amide bonds. The zero-order chi connectivity index (χ0) is 21.8. The van der Waals surface area contributed by atoms with Crippen LogP contribution in [0.25, 0.3) is 0 Å². The van der Waals surface area contributed by atoms with E-state index in [0.717, 1.165) is 11.3 Å². The van der Waals surface area contributed by atoms with Gasteiger partial charge in [-0.2, -0.15) is 0 Å². The Hall–Kier alpha value is -3.25. The first kappa shape index (κ1) is 21.0. The van der Waals surface area contributed by atoms with Crippen LogP contribution in [0.4, 0.5) is 4.39 Å². The Balaban J connectivity index is 1.52. The van der Waals surface area contributed by atoms with Gasteiger partial charge < -0.3 is 14.7 Å². The number of carbonyl (C=O) groups is 1. The average molecular weight is 420 g/mol. The molecule has 0 spiro atoms. The summed E-state index contributed by atoms with van der Waals surface area (Å²) in [5.74, 6) is 0.298. The largest absolute Gasteiger partial charge is 0.487 e. The van der Waals surface area contributed by atoms with Crippen molar-refractivity contribution < 1.29 is 19.0 Å². The lowest BCUT2D eigenvalue weighted by atomic mass is 9.91. The van der Waals surface area contributed by atoms with Crippen LogP contribution in [-0.4, -0.2) is 39.7 Å². The van der Waals surface area contributed by atoms with Gasteiger partial charge in [0.05, 0.1) is 18.8 Å².